The van der Waals surface area contributed by atoms with Crippen molar-refractivity contribution in [2.45, 2.75) is 32.3 Å². The molecule has 0 aromatic carbocycles. The van der Waals surface area contributed by atoms with Crippen molar-refractivity contribution in [3.63, 3.8) is 0 Å². The van der Waals surface area contributed by atoms with Crippen LogP contribution in [0, 0.1) is 0 Å². The predicted octanol–water partition coefficient (Wildman–Crippen LogP) is 1.48. The van der Waals surface area contributed by atoms with Gasteiger partial charge in [0.15, 0.2) is 0 Å². The molecule has 0 spiro atoms. The molecule has 0 saturated heterocycles. The first kappa shape index (κ1) is 5.83. The molecule has 8 heavy (non-hydrogen) atoms. The summed E-state index contributed by atoms with van der Waals surface area (Å²) < 4.78 is 0. The summed E-state index contributed by atoms with van der Waals surface area (Å²) in [7, 11) is 0. The van der Waals surface area contributed by atoms with Crippen LogP contribution in [0.5, 0.6) is 0 Å². The summed E-state index contributed by atoms with van der Waals surface area (Å²) in [6.07, 6.45) is 5.46. The zero-order valence-electron chi connectivity index (χ0n) is 5.22. The van der Waals surface area contributed by atoms with E-state index in [4.69, 9.17) is 5.11 Å². The molecule has 0 aliphatic heterocycles. The highest BCUT2D eigenvalue weighted by atomic mass is 16.3. The summed E-state index contributed by atoms with van der Waals surface area (Å²) in [6, 6.07) is 0. The smallest absolute Gasteiger partial charge is 0.0721 e. The molecule has 1 unspecified atom stereocenters. The van der Waals surface area contributed by atoms with Gasteiger partial charge in [-0.25, -0.2) is 0 Å². The first-order valence-corrected chi connectivity index (χ1v) is 3.17. The molecular formula is C7H12O. The number of hydrogen-bond donors (Lipinski definition) is 1. The van der Waals surface area contributed by atoms with Crippen molar-refractivity contribution in [3.05, 3.63) is 11.6 Å². The minimum Gasteiger partial charge on any atom is -0.389 e. The van der Waals surface area contributed by atoms with E-state index in [1.165, 1.54) is 18.4 Å². The number of aliphatic hydroxyl groups is 1. The molecule has 0 radical (unpaired) electrons. The third-order valence-electron chi connectivity index (χ3n) is 1.61. The van der Waals surface area contributed by atoms with Gasteiger partial charge in [0.1, 0.15) is 0 Å². The first-order chi connectivity index (χ1) is 3.80. The van der Waals surface area contributed by atoms with Gasteiger partial charge in [-0.2, -0.15) is 0 Å². The van der Waals surface area contributed by atoms with Crippen LogP contribution in [0.4, 0.5) is 0 Å². The van der Waals surface area contributed by atoms with E-state index in [0.29, 0.717) is 0 Å². The molecule has 1 rings (SSSR count). The maximum absolute atomic E-state index is 8.98. The van der Waals surface area contributed by atoms with Gasteiger partial charge in [0.2, 0.25) is 0 Å². The Balaban J connectivity index is 2.45. The number of aliphatic hydroxyl groups excluding tert-OH is 1. The fourth-order valence-corrected chi connectivity index (χ4v) is 1.08. The third kappa shape index (κ3) is 1.10. The standard InChI is InChI=1S/C7H12O/c1-6(8)7-4-2-3-5-7/h4,6,8H,2-3,5H2,1H3. The van der Waals surface area contributed by atoms with Gasteiger partial charge in [0, 0.05) is 0 Å². The maximum Gasteiger partial charge on any atom is 0.0721 e. The van der Waals surface area contributed by atoms with E-state index in [-0.39, 0.29) is 6.10 Å². The summed E-state index contributed by atoms with van der Waals surface area (Å²) in [6.45, 7) is 1.83. The van der Waals surface area contributed by atoms with Crippen molar-refractivity contribution in [2.75, 3.05) is 0 Å². The van der Waals surface area contributed by atoms with Gasteiger partial charge in [0.25, 0.3) is 0 Å². The molecule has 1 atom stereocenters. The summed E-state index contributed by atoms with van der Waals surface area (Å²) in [5.41, 5.74) is 1.23. The Morgan fingerprint density at radius 1 is 1.75 bits per heavy atom. The Bertz CT molecular complexity index is 103. The molecular weight excluding hydrogens is 100 g/mol. The lowest BCUT2D eigenvalue weighted by Gasteiger charge is -2.01. The normalized spacial score (nSPS) is 23.0. The van der Waals surface area contributed by atoms with E-state index in [1.807, 2.05) is 6.92 Å². The molecule has 46 valence electrons. The van der Waals surface area contributed by atoms with E-state index in [9.17, 15) is 0 Å². The molecule has 1 heteroatoms. The maximum atomic E-state index is 8.98. The van der Waals surface area contributed by atoms with Gasteiger partial charge in [-0.1, -0.05) is 6.08 Å². The molecule has 1 aliphatic carbocycles. The van der Waals surface area contributed by atoms with E-state index >= 15 is 0 Å². The minimum atomic E-state index is -0.197. The van der Waals surface area contributed by atoms with Crippen molar-refractivity contribution in [1.82, 2.24) is 0 Å². The van der Waals surface area contributed by atoms with Crippen LogP contribution in [-0.2, 0) is 0 Å². The average Bonchev–Trinajstić information content (AvgIpc) is 2.12. The molecule has 1 aliphatic rings. The van der Waals surface area contributed by atoms with Crippen molar-refractivity contribution < 1.29 is 5.11 Å². The largest absolute Gasteiger partial charge is 0.389 e. The molecule has 0 amide bonds. The van der Waals surface area contributed by atoms with Gasteiger partial charge in [0.05, 0.1) is 6.10 Å². The fourth-order valence-electron chi connectivity index (χ4n) is 1.08. The van der Waals surface area contributed by atoms with Gasteiger partial charge < -0.3 is 5.11 Å². The zero-order valence-corrected chi connectivity index (χ0v) is 5.22. The topological polar surface area (TPSA) is 20.2 Å². The van der Waals surface area contributed by atoms with Gasteiger partial charge >= 0.3 is 0 Å². The SMILES string of the molecule is CC(O)C1=CCCC1. The van der Waals surface area contributed by atoms with Crippen LogP contribution in [0.25, 0.3) is 0 Å². The summed E-state index contributed by atoms with van der Waals surface area (Å²) in [5.74, 6) is 0. The highest BCUT2D eigenvalue weighted by molar-refractivity contribution is 5.11. The van der Waals surface area contributed by atoms with E-state index in [2.05, 4.69) is 6.08 Å². The quantitative estimate of drug-likeness (QED) is 0.509. The highest BCUT2D eigenvalue weighted by Crippen LogP contribution is 2.19. The van der Waals surface area contributed by atoms with Gasteiger partial charge in [-0.15, -0.1) is 0 Å². The molecule has 1 nitrogen and oxygen atoms in total. The lowest BCUT2D eigenvalue weighted by atomic mass is 10.1. The molecule has 0 saturated carbocycles. The van der Waals surface area contributed by atoms with E-state index < -0.39 is 0 Å². The monoisotopic (exact) mass is 112 g/mol. The third-order valence-corrected chi connectivity index (χ3v) is 1.61. The Morgan fingerprint density at radius 3 is 2.75 bits per heavy atom. The summed E-state index contributed by atoms with van der Waals surface area (Å²) in [4.78, 5) is 0. The number of allylic oxidation sites excluding steroid dienone is 1. The van der Waals surface area contributed by atoms with Crippen LogP contribution in [0.3, 0.4) is 0 Å². The number of hydrogen-bond acceptors (Lipinski definition) is 1. The lowest BCUT2D eigenvalue weighted by Crippen LogP contribution is -2.00. The molecule has 0 aromatic rings. The predicted molar refractivity (Wildman–Crippen MR) is 33.6 cm³/mol. The second kappa shape index (κ2) is 2.31. The molecule has 0 heterocycles. The van der Waals surface area contributed by atoms with Gasteiger partial charge in [-0.3, -0.25) is 0 Å². The van der Waals surface area contributed by atoms with Gasteiger partial charge in [-0.05, 0) is 31.8 Å². The highest BCUT2D eigenvalue weighted by Gasteiger charge is 2.07. The van der Waals surface area contributed by atoms with Crippen LogP contribution in [0.1, 0.15) is 26.2 Å². The van der Waals surface area contributed by atoms with Crippen LogP contribution >= 0.6 is 0 Å². The molecule has 0 fully saturated rings. The van der Waals surface area contributed by atoms with E-state index in [1.54, 1.807) is 0 Å². The zero-order chi connectivity index (χ0) is 5.98. The van der Waals surface area contributed by atoms with Crippen molar-refractivity contribution in [3.8, 4) is 0 Å². The molecule has 0 bridgehead atoms. The second-order valence-corrected chi connectivity index (χ2v) is 2.35. The fraction of sp³-hybridized carbons (Fsp3) is 0.714. The first-order valence-electron chi connectivity index (χ1n) is 3.17. The Hall–Kier alpha value is -0.300. The average molecular weight is 112 g/mol. The van der Waals surface area contributed by atoms with Crippen LogP contribution in [0.2, 0.25) is 0 Å². The van der Waals surface area contributed by atoms with Crippen molar-refractivity contribution in [2.24, 2.45) is 0 Å². The summed E-state index contributed by atoms with van der Waals surface area (Å²) >= 11 is 0. The lowest BCUT2D eigenvalue weighted by molar-refractivity contribution is 0.228. The van der Waals surface area contributed by atoms with Crippen LogP contribution < -0.4 is 0 Å². The van der Waals surface area contributed by atoms with Crippen LogP contribution in [-0.4, -0.2) is 11.2 Å². The Kier molecular flexibility index (Phi) is 1.69. The van der Waals surface area contributed by atoms with Crippen LogP contribution in [0.15, 0.2) is 11.6 Å². The van der Waals surface area contributed by atoms with E-state index in [0.717, 1.165) is 6.42 Å². The number of rotatable bonds is 1. The molecule has 0 aromatic heterocycles. The summed E-state index contributed by atoms with van der Waals surface area (Å²) in [5, 5.41) is 8.98. The van der Waals surface area contributed by atoms with Crippen molar-refractivity contribution >= 4 is 0 Å². The Morgan fingerprint density at radius 2 is 2.50 bits per heavy atom. The van der Waals surface area contributed by atoms with Crippen molar-refractivity contribution in [1.29, 1.82) is 0 Å². The minimum absolute atomic E-state index is 0.197. The molecule has 1 N–H and O–H groups in total. The Labute approximate surface area is 50.0 Å². The second-order valence-electron chi connectivity index (χ2n) is 2.35.